The molecule has 0 bridgehead atoms. The van der Waals surface area contributed by atoms with Crippen LogP contribution in [0.15, 0.2) is 48.5 Å². The second kappa shape index (κ2) is 8.17. The van der Waals surface area contributed by atoms with Gasteiger partial charge in [0, 0.05) is 18.5 Å². The van der Waals surface area contributed by atoms with Gasteiger partial charge in [0.05, 0.1) is 12.6 Å². The minimum Gasteiger partial charge on any atom is -0.377 e. The first-order valence-corrected chi connectivity index (χ1v) is 8.56. The van der Waals surface area contributed by atoms with Gasteiger partial charge >= 0.3 is 0 Å². The quantitative estimate of drug-likeness (QED) is 0.798. The smallest absolute Gasteiger partial charge is 0.243 e. The van der Waals surface area contributed by atoms with Crippen molar-refractivity contribution in [2.45, 2.75) is 39.2 Å². The zero-order chi connectivity index (χ0) is 18.4. The lowest BCUT2D eigenvalue weighted by Crippen LogP contribution is -2.22. The molecule has 4 nitrogen and oxygen atoms in total. The van der Waals surface area contributed by atoms with Gasteiger partial charge in [0.1, 0.15) is 0 Å². The topological polar surface area (TPSA) is 50.4 Å². The molecular formula is C21H28N2O2. The van der Waals surface area contributed by atoms with Crippen LogP contribution in [0.2, 0.25) is 0 Å². The number of ether oxygens (including phenoxy) is 1. The van der Waals surface area contributed by atoms with Crippen LogP contribution in [0, 0.1) is 0 Å². The van der Waals surface area contributed by atoms with E-state index in [-0.39, 0.29) is 24.0 Å². The lowest BCUT2D eigenvalue weighted by atomic mass is 9.87. The molecule has 0 spiro atoms. The van der Waals surface area contributed by atoms with E-state index in [2.05, 4.69) is 43.5 Å². The zero-order valence-corrected chi connectivity index (χ0v) is 15.7. The van der Waals surface area contributed by atoms with Crippen LogP contribution in [-0.2, 0) is 14.9 Å². The molecule has 0 fully saturated rings. The van der Waals surface area contributed by atoms with Crippen molar-refractivity contribution in [3.05, 3.63) is 59.7 Å². The highest BCUT2D eigenvalue weighted by atomic mass is 16.5. The molecule has 0 saturated carbocycles. The Hall–Kier alpha value is -2.33. The molecule has 0 aliphatic rings. The van der Waals surface area contributed by atoms with Crippen LogP contribution >= 0.6 is 0 Å². The summed E-state index contributed by atoms with van der Waals surface area (Å²) in [4.78, 5) is 12.1. The average Bonchev–Trinajstić information content (AvgIpc) is 2.59. The van der Waals surface area contributed by atoms with Crippen molar-refractivity contribution in [3.8, 4) is 0 Å². The molecule has 134 valence electrons. The maximum Gasteiger partial charge on any atom is 0.243 e. The van der Waals surface area contributed by atoms with Crippen molar-refractivity contribution < 1.29 is 9.53 Å². The van der Waals surface area contributed by atoms with Crippen molar-refractivity contribution in [1.29, 1.82) is 0 Å². The molecule has 4 heteroatoms. The number of carbonyl (C=O) groups excluding carboxylic acids is 1. The summed E-state index contributed by atoms with van der Waals surface area (Å²) in [7, 11) is 1.68. The standard InChI is InChI=1S/C21H28N2O2/c1-15(25-5)16-7-6-8-19(13-16)22-14-20(24)23-18-11-9-17(10-12-18)21(2,3)4/h6-13,15,22H,14H2,1-5H3,(H,23,24). The third-order valence-corrected chi connectivity index (χ3v) is 4.20. The van der Waals surface area contributed by atoms with Gasteiger partial charge in [-0.3, -0.25) is 4.79 Å². The molecular weight excluding hydrogens is 312 g/mol. The number of benzene rings is 2. The Morgan fingerprint density at radius 1 is 1.08 bits per heavy atom. The van der Waals surface area contributed by atoms with Crippen molar-refractivity contribution in [3.63, 3.8) is 0 Å². The van der Waals surface area contributed by atoms with Crippen LogP contribution in [0.3, 0.4) is 0 Å². The maximum atomic E-state index is 12.1. The van der Waals surface area contributed by atoms with Gasteiger partial charge in [0.25, 0.3) is 0 Å². The van der Waals surface area contributed by atoms with Crippen molar-refractivity contribution in [1.82, 2.24) is 0 Å². The third-order valence-electron chi connectivity index (χ3n) is 4.20. The van der Waals surface area contributed by atoms with Crippen molar-refractivity contribution >= 4 is 17.3 Å². The molecule has 2 N–H and O–H groups in total. The Morgan fingerprint density at radius 3 is 2.36 bits per heavy atom. The van der Waals surface area contributed by atoms with E-state index in [1.807, 2.05) is 43.3 Å². The van der Waals surface area contributed by atoms with Crippen LogP contribution in [0.1, 0.15) is 44.9 Å². The van der Waals surface area contributed by atoms with Gasteiger partial charge in [-0.05, 0) is 47.7 Å². The Balaban J connectivity index is 1.91. The number of hydrogen-bond acceptors (Lipinski definition) is 3. The largest absolute Gasteiger partial charge is 0.377 e. The first-order chi connectivity index (χ1) is 11.8. The summed E-state index contributed by atoms with van der Waals surface area (Å²) in [5.74, 6) is -0.0753. The van der Waals surface area contributed by atoms with Crippen LogP contribution in [0.5, 0.6) is 0 Å². The molecule has 0 heterocycles. The van der Waals surface area contributed by atoms with E-state index in [1.54, 1.807) is 7.11 Å². The Morgan fingerprint density at radius 2 is 1.76 bits per heavy atom. The summed E-state index contributed by atoms with van der Waals surface area (Å²) < 4.78 is 5.32. The minimum absolute atomic E-state index is 0.0249. The molecule has 2 rings (SSSR count). The van der Waals surface area contributed by atoms with Gasteiger partial charge in [0.2, 0.25) is 5.91 Å². The number of hydrogen-bond donors (Lipinski definition) is 2. The number of rotatable bonds is 6. The van der Waals surface area contributed by atoms with Crippen LogP contribution in [0.4, 0.5) is 11.4 Å². The normalized spacial score (nSPS) is 12.5. The van der Waals surface area contributed by atoms with E-state index in [4.69, 9.17) is 4.74 Å². The summed E-state index contributed by atoms with van der Waals surface area (Å²) in [5.41, 5.74) is 4.13. The Bertz CT molecular complexity index is 703. The number of nitrogens with one attached hydrogen (secondary N) is 2. The summed E-state index contributed by atoms with van der Waals surface area (Å²) in [5, 5.41) is 6.07. The van der Waals surface area contributed by atoms with E-state index >= 15 is 0 Å². The molecule has 1 unspecified atom stereocenters. The predicted molar refractivity (Wildman–Crippen MR) is 104 cm³/mol. The van der Waals surface area contributed by atoms with E-state index in [1.165, 1.54) is 5.56 Å². The van der Waals surface area contributed by atoms with Crippen LogP contribution < -0.4 is 10.6 Å². The highest BCUT2D eigenvalue weighted by molar-refractivity contribution is 5.93. The van der Waals surface area contributed by atoms with Crippen molar-refractivity contribution in [2.24, 2.45) is 0 Å². The predicted octanol–water partition coefficient (Wildman–Crippen LogP) is 4.74. The minimum atomic E-state index is -0.0753. The van der Waals surface area contributed by atoms with E-state index in [0.29, 0.717) is 0 Å². The molecule has 0 saturated heterocycles. The number of carbonyl (C=O) groups is 1. The molecule has 0 aromatic heterocycles. The number of amides is 1. The first-order valence-electron chi connectivity index (χ1n) is 8.56. The molecule has 2 aromatic rings. The number of methoxy groups -OCH3 is 1. The van der Waals surface area contributed by atoms with Gasteiger partial charge < -0.3 is 15.4 Å². The van der Waals surface area contributed by atoms with Crippen molar-refractivity contribution in [2.75, 3.05) is 24.3 Å². The first kappa shape index (κ1) is 19.0. The third kappa shape index (κ3) is 5.61. The molecule has 1 atom stereocenters. The lowest BCUT2D eigenvalue weighted by Gasteiger charge is -2.19. The Labute approximate surface area is 150 Å². The molecule has 0 aliphatic carbocycles. The fraction of sp³-hybridized carbons (Fsp3) is 0.381. The summed E-state index contributed by atoms with van der Waals surface area (Å²) >= 11 is 0. The zero-order valence-electron chi connectivity index (χ0n) is 15.7. The summed E-state index contributed by atoms with van der Waals surface area (Å²) in [6.45, 7) is 8.72. The number of anilines is 2. The highest BCUT2D eigenvalue weighted by Crippen LogP contribution is 2.23. The van der Waals surface area contributed by atoms with E-state index < -0.39 is 0 Å². The maximum absolute atomic E-state index is 12.1. The average molecular weight is 340 g/mol. The SMILES string of the molecule is COC(C)c1cccc(NCC(=O)Nc2ccc(C(C)(C)C)cc2)c1. The molecule has 0 aliphatic heterocycles. The van der Waals surface area contributed by atoms with Gasteiger partial charge in [0.15, 0.2) is 0 Å². The van der Waals surface area contributed by atoms with Gasteiger partial charge in [-0.2, -0.15) is 0 Å². The van der Waals surface area contributed by atoms with Gasteiger partial charge in [-0.1, -0.05) is 45.0 Å². The molecule has 0 radical (unpaired) electrons. The van der Waals surface area contributed by atoms with Crippen LogP contribution in [-0.4, -0.2) is 19.6 Å². The monoisotopic (exact) mass is 340 g/mol. The second-order valence-electron chi connectivity index (χ2n) is 7.23. The fourth-order valence-corrected chi connectivity index (χ4v) is 2.48. The second-order valence-corrected chi connectivity index (χ2v) is 7.23. The lowest BCUT2D eigenvalue weighted by molar-refractivity contribution is -0.114. The molecule has 2 aromatic carbocycles. The molecule has 1 amide bonds. The van der Waals surface area contributed by atoms with Gasteiger partial charge in [-0.25, -0.2) is 0 Å². The fourth-order valence-electron chi connectivity index (χ4n) is 2.48. The highest BCUT2D eigenvalue weighted by Gasteiger charge is 2.13. The Kier molecular flexibility index (Phi) is 6.21. The summed E-state index contributed by atoms with van der Waals surface area (Å²) in [6, 6.07) is 15.9. The van der Waals surface area contributed by atoms with E-state index in [0.717, 1.165) is 16.9 Å². The van der Waals surface area contributed by atoms with Gasteiger partial charge in [-0.15, -0.1) is 0 Å². The van der Waals surface area contributed by atoms with E-state index in [9.17, 15) is 4.79 Å². The molecule has 25 heavy (non-hydrogen) atoms. The summed E-state index contributed by atoms with van der Waals surface area (Å²) in [6.07, 6.45) is 0.0249. The van der Waals surface area contributed by atoms with Crippen LogP contribution in [0.25, 0.3) is 0 Å².